The first-order valence-corrected chi connectivity index (χ1v) is 8.59. The predicted molar refractivity (Wildman–Crippen MR) is 105 cm³/mol. The maximum absolute atomic E-state index is 13.2. The van der Waals surface area contributed by atoms with Crippen molar-refractivity contribution >= 4 is 33.7 Å². The molecule has 0 atom stereocenters. The second-order valence-corrected chi connectivity index (χ2v) is 6.40. The topological polar surface area (TPSA) is 74.8 Å². The Hall–Kier alpha value is -3.72. The number of aromatic nitrogens is 3. The van der Waals surface area contributed by atoms with Gasteiger partial charge in [-0.15, -0.1) is 0 Å². The first-order chi connectivity index (χ1) is 13.1. The molecule has 0 aliphatic rings. The zero-order chi connectivity index (χ0) is 19.0. The molecule has 0 fully saturated rings. The SMILES string of the molecule is Cc1cc(C)nc(N(C#N)CC(=O)n2c3ccccc3c3ccccc32)n1. The second-order valence-electron chi connectivity index (χ2n) is 6.40. The van der Waals surface area contributed by atoms with Crippen molar-refractivity contribution in [2.24, 2.45) is 0 Å². The number of nitriles is 1. The van der Waals surface area contributed by atoms with Gasteiger partial charge in [0.2, 0.25) is 5.95 Å². The van der Waals surface area contributed by atoms with Crippen LogP contribution in [0.3, 0.4) is 0 Å². The predicted octanol–water partition coefficient (Wildman–Crippen LogP) is 3.83. The van der Waals surface area contributed by atoms with E-state index in [1.165, 1.54) is 4.90 Å². The molecule has 0 N–H and O–H groups in total. The minimum Gasteiger partial charge on any atom is -0.278 e. The van der Waals surface area contributed by atoms with Gasteiger partial charge in [0.15, 0.2) is 6.19 Å². The molecular formula is C21H17N5O. The van der Waals surface area contributed by atoms with E-state index >= 15 is 0 Å². The van der Waals surface area contributed by atoms with Crippen LogP contribution in [0, 0.1) is 25.3 Å². The first kappa shape index (κ1) is 16.7. The summed E-state index contributed by atoms with van der Waals surface area (Å²) in [5.74, 6) is 0.0285. The Bertz CT molecular complexity index is 1140. The highest BCUT2D eigenvalue weighted by Gasteiger charge is 2.20. The van der Waals surface area contributed by atoms with Gasteiger partial charge in [0, 0.05) is 22.2 Å². The van der Waals surface area contributed by atoms with E-state index < -0.39 is 0 Å². The zero-order valence-corrected chi connectivity index (χ0v) is 15.0. The molecule has 0 aliphatic carbocycles. The molecule has 132 valence electrons. The summed E-state index contributed by atoms with van der Waals surface area (Å²) in [6, 6.07) is 17.4. The lowest BCUT2D eigenvalue weighted by molar-refractivity contribution is 0.0933. The molecule has 2 aromatic carbocycles. The number of rotatable bonds is 3. The van der Waals surface area contributed by atoms with Crippen LogP contribution in [0.2, 0.25) is 0 Å². The average Bonchev–Trinajstić information content (AvgIpc) is 3.00. The van der Waals surface area contributed by atoms with E-state index in [9.17, 15) is 10.1 Å². The maximum atomic E-state index is 13.2. The van der Waals surface area contributed by atoms with Crippen molar-refractivity contribution in [1.29, 1.82) is 5.26 Å². The summed E-state index contributed by atoms with van der Waals surface area (Å²) in [5.41, 5.74) is 3.15. The van der Waals surface area contributed by atoms with E-state index in [4.69, 9.17) is 0 Å². The van der Waals surface area contributed by atoms with Gasteiger partial charge in [0.05, 0.1) is 11.0 Å². The van der Waals surface area contributed by atoms with Crippen LogP contribution in [0.15, 0.2) is 54.6 Å². The standard InChI is InChI=1S/C21H17N5O/c1-14-11-15(2)24-21(23-14)25(13-22)12-20(27)26-18-9-5-3-7-16(18)17-8-4-6-10-19(17)26/h3-11H,12H2,1-2H3. The molecule has 0 spiro atoms. The molecule has 0 unspecified atom stereocenters. The Morgan fingerprint density at radius 3 is 2.04 bits per heavy atom. The summed E-state index contributed by atoms with van der Waals surface area (Å²) in [7, 11) is 0. The third-order valence-electron chi connectivity index (χ3n) is 4.46. The Balaban J connectivity index is 1.79. The van der Waals surface area contributed by atoms with Crippen molar-refractivity contribution in [1.82, 2.24) is 14.5 Å². The van der Waals surface area contributed by atoms with Crippen molar-refractivity contribution in [2.45, 2.75) is 13.8 Å². The van der Waals surface area contributed by atoms with Crippen LogP contribution < -0.4 is 4.90 Å². The molecule has 0 saturated heterocycles. The van der Waals surface area contributed by atoms with Gasteiger partial charge in [-0.1, -0.05) is 36.4 Å². The summed E-state index contributed by atoms with van der Waals surface area (Å²) >= 11 is 0. The Kier molecular flexibility index (Phi) is 4.05. The number of hydrogen-bond acceptors (Lipinski definition) is 5. The molecule has 4 aromatic rings. The number of carbonyl (C=O) groups is 1. The smallest absolute Gasteiger partial charge is 0.252 e. The van der Waals surface area contributed by atoms with E-state index in [2.05, 4.69) is 9.97 Å². The molecule has 6 heteroatoms. The molecule has 27 heavy (non-hydrogen) atoms. The number of para-hydroxylation sites is 2. The number of carbonyl (C=O) groups excluding carboxylic acids is 1. The average molecular weight is 355 g/mol. The molecule has 2 aromatic heterocycles. The highest BCUT2D eigenvalue weighted by atomic mass is 16.2. The van der Waals surface area contributed by atoms with E-state index in [1.54, 1.807) is 4.57 Å². The fourth-order valence-corrected chi connectivity index (χ4v) is 3.38. The third-order valence-corrected chi connectivity index (χ3v) is 4.46. The molecule has 0 radical (unpaired) electrons. The van der Waals surface area contributed by atoms with Crippen LogP contribution >= 0.6 is 0 Å². The Morgan fingerprint density at radius 2 is 1.52 bits per heavy atom. The highest BCUT2D eigenvalue weighted by molar-refractivity contribution is 6.13. The summed E-state index contributed by atoms with van der Waals surface area (Å²) < 4.78 is 1.66. The van der Waals surface area contributed by atoms with Crippen LogP contribution in [0.25, 0.3) is 21.8 Å². The molecular weight excluding hydrogens is 338 g/mol. The molecule has 2 heterocycles. The number of hydrogen-bond donors (Lipinski definition) is 0. The van der Waals surface area contributed by atoms with Gasteiger partial charge in [0.1, 0.15) is 6.54 Å². The lowest BCUT2D eigenvalue weighted by Crippen LogP contribution is -2.30. The minimum atomic E-state index is -0.211. The zero-order valence-electron chi connectivity index (χ0n) is 15.0. The van der Waals surface area contributed by atoms with Gasteiger partial charge < -0.3 is 0 Å². The van der Waals surface area contributed by atoms with Gasteiger partial charge in [-0.25, -0.2) is 14.9 Å². The lowest BCUT2D eigenvalue weighted by atomic mass is 10.2. The third kappa shape index (κ3) is 2.89. The number of nitrogens with zero attached hydrogens (tertiary/aromatic N) is 5. The van der Waals surface area contributed by atoms with E-state index in [1.807, 2.05) is 74.6 Å². The first-order valence-electron chi connectivity index (χ1n) is 8.59. The van der Waals surface area contributed by atoms with Gasteiger partial charge in [0.25, 0.3) is 5.91 Å². The summed E-state index contributed by atoms with van der Waals surface area (Å²) in [4.78, 5) is 23.0. The molecule has 0 aliphatic heterocycles. The summed E-state index contributed by atoms with van der Waals surface area (Å²) in [6.45, 7) is 3.53. The minimum absolute atomic E-state index is 0.137. The van der Waals surface area contributed by atoms with Crippen LogP contribution in [-0.2, 0) is 0 Å². The Labute approximate surface area is 156 Å². The van der Waals surface area contributed by atoms with Gasteiger partial charge >= 0.3 is 0 Å². The summed E-state index contributed by atoms with van der Waals surface area (Å²) in [5, 5.41) is 11.6. The molecule has 0 saturated carbocycles. The van der Waals surface area contributed by atoms with Crippen LogP contribution in [0.1, 0.15) is 16.2 Å². The number of anilines is 1. The molecule has 6 nitrogen and oxygen atoms in total. The summed E-state index contributed by atoms with van der Waals surface area (Å²) in [6.07, 6.45) is 2.04. The fourth-order valence-electron chi connectivity index (χ4n) is 3.38. The molecule has 0 bridgehead atoms. The van der Waals surface area contributed by atoms with Gasteiger partial charge in [-0.05, 0) is 32.0 Å². The largest absolute Gasteiger partial charge is 0.278 e. The van der Waals surface area contributed by atoms with Crippen LogP contribution in [0.4, 0.5) is 5.95 Å². The molecule has 0 amide bonds. The normalized spacial score (nSPS) is 10.9. The van der Waals surface area contributed by atoms with Crippen molar-refractivity contribution in [3.05, 3.63) is 66.0 Å². The van der Waals surface area contributed by atoms with E-state index in [0.717, 1.165) is 33.2 Å². The van der Waals surface area contributed by atoms with Crippen molar-refractivity contribution < 1.29 is 4.79 Å². The van der Waals surface area contributed by atoms with Crippen molar-refractivity contribution in [3.8, 4) is 6.19 Å². The monoisotopic (exact) mass is 355 g/mol. The van der Waals surface area contributed by atoms with Crippen LogP contribution in [0.5, 0.6) is 0 Å². The highest BCUT2D eigenvalue weighted by Crippen LogP contribution is 2.28. The fraction of sp³-hybridized carbons (Fsp3) is 0.143. The van der Waals surface area contributed by atoms with Gasteiger partial charge in [-0.2, -0.15) is 5.26 Å². The van der Waals surface area contributed by atoms with E-state index in [0.29, 0.717) is 0 Å². The lowest BCUT2D eigenvalue weighted by Gasteiger charge is -2.15. The number of aryl methyl sites for hydroxylation is 2. The molecule has 4 rings (SSSR count). The van der Waals surface area contributed by atoms with E-state index in [-0.39, 0.29) is 18.4 Å². The van der Waals surface area contributed by atoms with Crippen molar-refractivity contribution in [3.63, 3.8) is 0 Å². The van der Waals surface area contributed by atoms with Crippen molar-refractivity contribution in [2.75, 3.05) is 11.4 Å². The quantitative estimate of drug-likeness (QED) is 0.412. The van der Waals surface area contributed by atoms with Crippen LogP contribution in [-0.4, -0.2) is 27.0 Å². The van der Waals surface area contributed by atoms with Gasteiger partial charge in [-0.3, -0.25) is 9.36 Å². The number of benzene rings is 2. The number of fused-ring (bicyclic) bond motifs is 3. The second kappa shape index (κ2) is 6.54. The Morgan fingerprint density at radius 1 is 1.00 bits per heavy atom. The maximum Gasteiger partial charge on any atom is 0.252 e.